The quantitative estimate of drug-likeness (QED) is 0.371. The fraction of sp³-hybridized carbons (Fsp3) is 0.400. The smallest absolute Gasteiger partial charge is 0.255 e. The van der Waals surface area contributed by atoms with Gasteiger partial charge in [0.1, 0.15) is 23.9 Å². The van der Waals surface area contributed by atoms with Crippen molar-refractivity contribution in [1.29, 1.82) is 0 Å². The largest absolute Gasteiger partial charge is 0.493 e. The summed E-state index contributed by atoms with van der Waals surface area (Å²) in [6, 6.07) is 7.99. The number of rotatable bonds is 3. The molecule has 0 saturated heterocycles. The van der Waals surface area contributed by atoms with Crippen molar-refractivity contribution >= 4 is 23.4 Å². The van der Waals surface area contributed by atoms with Gasteiger partial charge in [-0.3, -0.25) is 14.4 Å². The first-order valence-electron chi connectivity index (χ1n) is 14.2. The van der Waals surface area contributed by atoms with Crippen LogP contribution in [0.25, 0.3) is 5.65 Å². The highest BCUT2D eigenvalue weighted by Gasteiger charge is 2.27. The summed E-state index contributed by atoms with van der Waals surface area (Å²) in [6.45, 7) is 6.70. The third kappa shape index (κ3) is 6.76. The predicted molar refractivity (Wildman–Crippen MR) is 157 cm³/mol. The lowest BCUT2D eigenvalue weighted by atomic mass is 10.0. The molecule has 4 aromatic rings. The number of carbonyl (C=O) groups excluding carboxylic acids is 3. The molecule has 13 nitrogen and oxygen atoms in total. The number of amides is 3. The molecule has 2 N–H and O–H groups in total. The van der Waals surface area contributed by atoms with E-state index < -0.39 is 6.04 Å². The van der Waals surface area contributed by atoms with Crippen LogP contribution in [-0.2, 0) is 11.3 Å². The molecule has 3 amide bonds. The van der Waals surface area contributed by atoms with E-state index in [1.54, 1.807) is 64.9 Å². The maximum Gasteiger partial charge on any atom is 0.255 e. The van der Waals surface area contributed by atoms with Crippen LogP contribution >= 0.6 is 0 Å². The molecule has 0 radical (unpaired) electrons. The monoisotopic (exact) mass is 588 g/mol. The highest BCUT2D eigenvalue weighted by molar-refractivity contribution is 5.97. The molecule has 0 fully saturated rings. The fourth-order valence-electron chi connectivity index (χ4n) is 5.02. The van der Waals surface area contributed by atoms with Crippen molar-refractivity contribution in [2.75, 3.05) is 33.4 Å². The number of fused-ring (bicyclic) bond motifs is 4. The van der Waals surface area contributed by atoms with Gasteiger partial charge < -0.3 is 29.4 Å². The Morgan fingerprint density at radius 2 is 2.00 bits per heavy atom. The van der Waals surface area contributed by atoms with Gasteiger partial charge in [-0.1, -0.05) is 13.8 Å². The Morgan fingerprint density at radius 1 is 1.16 bits per heavy atom. The molecule has 0 spiro atoms. The molecule has 13 heteroatoms. The molecule has 4 heterocycles. The minimum Gasteiger partial charge on any atom is -0.493 e. The first kappa shape index (κ1) is 29.5. The number of ether oxygens (including phenoxy) is 2. The van der Waals surface area contributed by atoms with Crippen LogP contribution in [0.4, 0.5) is 0 Å². The second-order valence-electron chi connectivity index (χ2n) is 10.7. The molecular weight excluding hydrogens is 552 g/mol. The molecule has 5 rings (SSSR count). The van der Waals surface area contributed by atoms with E-state index in [9.17, 15) is 14.4 Å². The molecule has 1 aromatic carbocycles. The topological polar surface area (TPSA) is 145 Å². The van der Waals surface area contributed by atoms with E-state index in [4.69, 9.17) is 9.47 Å². The number of aryl methyl sites for hydroxylation is 1. The molecule has 1 aliphatic rings. The van der Waals surface area contributed by atoms with Crippen molar-refractivity contribution in [1.82, 2.24) is 39.7 Å². The zero-order chi connectivity index (χ0) is 30.5. The van der Waals surface area contributed by atoms with E-state index in [0.717, 1.165) is 0 Å². The van der Waals surface area contributed by atoms with Gasteiger partial charge >= 0.3 is 0 Å². The lowest BCUT2D eigenvalue weighted by Gasteiger charge is -2.26. The molecule has 1 aliphatic heterocycles. The molecule has 43 heavy (non-hydrogen) atoms. The number of hydrogen-bond donors (Lipinski definition) is 2. The summed E-state index contributed by atoms with van der Waals surface area (Å²) in [5, 5.41) is 10.5. The van der Waals surface area contributed by atoms with Gasteiger partial charge in [0.25, 0.3) is 11.8 Å². The van der Waals surface area contributed by atoms with Gasteiger partial charge in [-0.25, -0.2) is 14.6 Å². The third-order valence-electron chi connectivity index (χ3n) is 7.20. The van der Waals surface area contributed by atoms with Gasteiger partial charge in [0.05, 0.1) is 31.8 Å². The van der Waals surface area contributed by atoms with Crippen molar-refractivity contribution < 1.29 is 23.9 Å². The molecule has 0 saturated carbocycles. The summed E-state index contributed by atoms with van der Waals surface area (Å²) in [6.07, 6.45) is 5.54. The molecule has 0 unspecified atom stereocenters. The lowest BCUT2D eigenvalue weighted by molar-refractivity contribution is -0.123. The Kier molecular flexibility index (Phi) is 8.88. The number of nitrogens with one attached hydrogen (secondary N) is 2. The van der Waals surface area contributed by atoms with Gasteiger partial charge in [0, 0.05) is 37.2 Å². The van der Waals surface area contributed by atoms with Crippen LogP contribution in [0.2, 0.25) is 0 Å². The number of aromatic nitrogens is 5. The maximum absolute atomic E-state index is 13.7. The van der Waals surface area contributed by atoms with E-state index >= 15 is 0 Å². The van der Waals surface area contributed by atoms with Gasteiger partial charge in [-0.2, -0.15) is 5.10 Å². The summed E-state index contributed by atoms with van der Waals surface area (Å²) in [7, 11) is 1.54. The Hall–Kier alpha value is -4.94. The Labute approximate surface area is 249 Å². The van der Waals surface area contributed by atoms with Gasteiger partial charge in [0.15, 0.2) is 11.5 Å². The van der Waals surface area contributed by atoms with E-state index in [1.807, 2.05) is 13.8 Å². The number of benzene rings is 1. The van der Waals surface area contributed by atoms with Gasteiger partial charge in [-0.15, -0.1) is 0 Å². The van der Waals surface area contributed by atoms with E-state index in [0.29, 0.717) is 59.4 Å². The van der Waals surface area contributed by atoms with Gasteiger partial charge in [-0.05, 0) is 49.6 Å². The summed E-state index contributed by atoms with van der Waals surface area (Å²) >= 11 is 0. The second kappa shape index (κ2) is 12.9. The van der Waals surface area contributed by atoms with Crippen LogP contribution < -0.4 is 20.1 Å². The normalized spacial score (nSPS) is 17.0. The number of methoxy groups -OCH3 is 1. The predicted octanol–water partition coefficient (Wildman–Crippen LogP) is 2.41. The minimum absolute atomic E-state index is 0.0161. The van der Waals surface area contributed by atoms with Crippen molar-refractivity contribution in [3.63, 3.8) is 0 Å². The minimum atomic E-state index is -0.455. The number of carbonyl (C=O) groups is 3. The van der Waals surface area contributed by atoms with Crippen molar-refractivity contribution in [2.45, 2.75) is 39.8 Å². The number of hydrogen-bond acceptors (Lipinski definition) is 8. The van der Waals surface area contributed by atoms with Crippen LogP contribution in [0.3, 0.4) is 0 Å². The average Bonchev–Trinajstić information content (AvgIpc) is 3.61. The van der Waals surface area contributed by atoms with Crippen molar-refractivity contribution in [3.05, 3.63) is 71.7 Å². The molecule has 3 aromatic heterocycles. The second-order valence-corrected chi connectivity index (χ2v) is 10.7. The molecule has 1 atom stereocenters. The molecule has 0 aliphatic carbocycles. The average molecular weight is 589 g/mol. The van der Waals surface area contributed by atoms with E-state index in [-0.39, 0.29) is 43.3 Å². The van der Waals surface area contributed by atoms with Crippen LogP contribution in [0.15, 0.2) is 48.9 Å². The van der Waals surface area contributed by atoms with Gasteiger partial charge in [0.2, 0.25) is 5.91 Å². The summed E-state index contributed by atoms with van der Waals surface area (Å²) in [5.74, 6) is 1.14. The first-order valence-corrected chi connectivity index (χ1v) is 14.2. The lowest BCUT2D eigenvalue weighted by Crippen LogP contribution is -2.44. The zero-order valence-corrected chi connectivity index (χ0v) is 24.7. The SMILES string of the molecule is COc1ccc2cc1OCCn1nc(C)nc1[C@H](C(C)C)NC(=O)CN(C(=O)c1ccc3nccn3c1)CCCNC2=O. The highest BCUT2D eigenvalue weighted by Crippen LogP contribution is 2.28. The summed E-state index contributed by atoms with van der Waals surface area (Å²) in [5.41, 5.74) is 1.55. The van der Waals surface area contributed by atoms with E-state index in [2.05, 4.69) is 25.7 Å². The number of nitrogens with zero attached hydrogens (tertiary/aromatic N) is 6. The highest BCUT2D eigenvalue weighted by atomic mass is 16.5. The number of pyridine rings is 1. The van der Waals surface area contributed by atoms with Crippen LogP contribution in [0.1, 0.15) is 58.7 Å². The molecular formula is C30H36N8O5. The first-order chi connectivity index (χ1) is 20.7. The van der Waals surface area contributed by atoms with Crippen LogP contribution in [-0.4, -0.2) is 80.1 Å². The van der Waals surface area contributed by atoms with Crippen molar-refractivity contribution in [2.24, 2.45) is 5.92 Å². The fourth-order valence-corrected chi connectivity index (χ4v) is 5.02. The molecule has 226 valence electrons. The Bertz CT molecular complexity index is 1630. The van der Waals surface area contributed by atoms with E-state index in [1.165, 1.54) is 12.0 Å². The van der Waals surface area contributed by atoms with Crippen LogP contribution in [0, 0.1) is 12.8 Å². The maximum atomic E-state index is 13.7. The zero-order valence-electron chi connectivity index (χ0n) is 24.7. The Balaban J connectivity index is 1.45. The summed E-state index contributed by atoms with van der Waals surface area (Å²) in [4.78, 5) is 50.4. The molecule has 2 bridgehead atoms. The standard InChI is InChI=1S/C30H36N8O5/c1-19(2)27-28-33-20(3)35-38(28)14-15-43-24-16-21(6-8-23(24)42-4)29(40)32-10-5-12-37(18-26(39)34-27)30(41)22-7-9-25-31-11-13-36(25)17-22/h6-9,11,13,16-17,19,27H,5,10,12,14-15,18H2,1-4H3,(H,32,40)(H,34,39)/t27-/m0/s1. The van der Waals surface area contributed by atoms with Crippen molar-refractivity contribution in [3.8, 4) is 11.5 Å². The summed E-state index contributed by atoms with van der Waals surface area (Å²) < 4.78 is 14.9. The third-order valence-corrected chi connectivity index (χ3v) is 7.20. The van der Waals surface area contributed by atoms with Crippen LogP contribution in [0.5, 0.6) is 11.5 Å². The Morgan fingerprint density at radius 3 is 2.79 bits per heavy atom. The number of imidazole rings is 1.